The molecule has 1 fully saturated rings. The summed E-state index contributed by atoms with van der Waals surface area (Å²) in [7, 11) is 0. The minimum absolute atomic E-state index is 0.497. The van der Waals surface area contributed by atoms with Crippen LogP contribution in [-0.2, 0) is 6.42 Å². The summed E-state index contributed by atoms with van der Waals surface area (Å²) in [5.41, 5.74) is 1.39. The Balaban J connectivity index is 1.71. The largest absolute Gasteiger partial charge is 0.490 e. The second-order valence-corrected chi connectivity index (χ2v) is 4.82. The quantitative estimate of drug-likeness (QED) is 0.696. The summed E-state index contributed by atoms with van der Waals surface area (Å²) in [5.74, 6) is 1.05. The van der Waals surface area contributed by atoms with Crippen LogP contribution in [0.15, 0.2) is 24.3 Å². The van der Waals surface area contributed by atoms with E-state index in [2.05, 4.69) is 36.5 Å². The molecule has 1 aliphatic rings. The predicted molar refractivity (Wildman–Crippen MR) is 71.6 cm³/mol. The first kappa shape index (κ1) is 12.4. The lowest BCUT2D eigenvalue weighted by Crippen LogP contribution is -2.16. The van der Waals surface area contributed by atoms with Gasteiger partial charge < -0.3 is 10.1 Å². The monoisotopic (exact) mass is 233 g/mol. The van der Waals surface area contributed by atoms with Gasteiger partial charge in [0.15, 0.2) is 0 Å². The molecule has 1 N–H and O–H groups in total. The predicted octanol–water partition coefficient (Wildman–Crippen LogP) is 3.16. The molecule has 1 aromatic carbocycles. The van der Waals surface area contributed by atoms with E-state index in [0.29, 0.717) is 6.10 Å². The third-order valence-electron chi connectivity index (χ3n) is 2.97. The highest BCUT2D eigenvalue weighted by atomic mass is 16.5. The van der Waals surface area contributed by atoms with Crippen LogP contribution < -0.4 is 10.1 Å². The fourth-order valence-electron chi connectivity index (χ4n) is 1.87. The van der Waals surface area contributed by atoms with Crippen LogP contribution in [-0.4, -0.2) is 19.2 Å². The average molecular weight is 233 g/mol. The Morgan fingerprint density at radius 2 is 2.18 bits per heavy atom. The van der Waals surface area contributed by atoms with Crippen molar-refractivity contribution in [3.8, 4) is 5.75 Å². The first-order valence-corrected chi connectivity index (χ1v) is 6.85. The highest BCUT2D eigenvalue weighted by molar-refractivity contribution is 5.29. The van der Waals surface area contributed by atoms with Gasteiger partial charge in [-0.2, -0.15) is 0 Å². The number of aryl methyl sites for hydroxylation is 1. The Morgan fingerprint density at radius 3 is 2.94 bits per heavy atom. The van der Waals surface area contributed by atoms with Gasteiger partial charge in [0.1, 0.15) is 5.75 Å². The summed E-state index contributed by atoms with van der Waals surface area (Å²) >= 11 is 0. The van der Waals surface area contributed by atoms with Crippen molar-refractivity contribution < 1.29 is 4.74 Å². The van der Waals surface area contributed by atoms with Gasteiger partial charge in [0, 0.05) is 0 Å². The maximum absolute atomic E-state index is 5.80. The normalized spacial score (nSPS) is 14.9. The van der Waals surface area contributed by atoms with Gasteiger partial charge in [0.25, 0.3) is 0 Å². The van der Waals surface area contributed by atoms with E-state index < -0.39 is 0 Å². The second kappa shape index (κ2) is 6.65. The number of ether oxygens (including phenoxy) is 1. The zero-order chi connectivity index (χ0) is 11.9. The molecule has 17 heavy (non-hydrogen) atoms. The fourth-order valence-corrected chi connectivity index (χ4v) is 1.87. The maximum Gasteiger partial charge on any atom is 0.119 e. The number of nitrogens with one attached hydrogen (secondary N) is 1. The van der Waals surface area contributed by atoms with Crippen LogP contribution in [0.5, 0.6) is 5.75 Å². The van der Waals surface area contributed by atoms with Crippen LogP contribution in [0.1, 0.15) is 38.2 Å². The average Bonchev–Trinajstić information content (AvgIpc) is 3.13. The van der Waals surface area contributed by atoms with Crippen LogP contribution in [0.2, 0.25) is 0 Å². The van der Waals surface area contributed by atoms with Crippen LogP contribution in [0.4, 0.5) is 0 Å². The molecule has 94 valence electrons. The van der Waals surface area contributed by atoms with Gasteiger partial charge in [-0.1, -0.05) is 19.1 Å². The molecule has 0 aliphatic heterocycles. The molecule has 0 aromatic heterocycles. The number of hydrogen-bond donors (Lipinski definition) is 1. The minimum atomic E-state index is 0.497. The van der Waals surface area contributed by atoms with E-state index in [9.17, 15) is 0 Å². The summed E-state index contributed by atoms with van der Waals surface area (Å²) in [6.45, 7) is 4.44. The van der Waals surface area contributed by atoms with Crippen LogP contribution in [0, 0.1) is 0 Å². The van der Waals surface area contributed by atoms with Crippen molar-refractivity contribution in [2.75, 3.05) is 13.1 Å². The number of benzene rings is 1. The molecule has 0 heterocycles. The third kappa shape index (κ3) is 4.78. The summed E-state index contributed by atoms with van der Waals surface area (Å²) in [5, 5.41) is 3.43. The molecule has 1 saturated carbocycles. The zero-order valence-electron chi connectivity index (χ0n) is 10.7. The third-order valence-corrected chi connectivity index (χ3v) is 2.97. The molecule has 1 aliphatic carbocycles. The van der Waals surface area contributed by atoms with Crippen molar-refractivity contribution in [3.05, 3.63) is 29.8 Å². The van der Waals surface area contributed by atoms with Crippen LogP contribution >= 0.6 is 0 Å². The molecule has 0 unspecified atom stereocenters. The molecule has 0 amide bonds. The Kier molecular flexibility index (Phi) is 4.87. The van der Waals surface area contributed by atoms with Crippen molar-refractivity contribution in [2.24, 2.45) is 0 Å². The summed E-state index contributed by atoms with van der Waals surface area (Å²) in [6.07, 6.45) is 6.50. The highest BCUT2D eigenvalue weighted by Gasteiger charge is 2.23. The van der Waals surface area contributed by atoms with Crippen molar-refractivity contribution in [1.29, 1.82) is 0 Å². The van der Waals surface area contributed by atoms with E-state index in [0.717, 1.165) is 25.3 Å². The number of hydrogen-bond acceptors (Lipinski definition) is 2. The standard InChI is InChI=1S/C15H23NO/c1-2-10-16-11-4-6-13-5-3-7-15(12-13)17-14-8-9-14/h3,5,7,12,14,16H,2,4,6,8-11H2,1H3. The molecule has 0 atom stereocenters. The van der Waals surface area contributed by atoms with Gasteiger partial charge in [-0.3, -0.25) is 0 Å². The summed E-state index contributed by atoms with van der Waals surface area (Å²) < 4.78 is 5.80. The van der Waals surface area contributed by atoms with Crippen LogP contribution in [0.3, 0.4) is 0 Å². The van der Waals surface area contributed by atoms with E-state index in [1.807, 2.05) is 0 Å². The van der Waals surface area contributed by atoms with E-state index in [-0.39, 0.29) is 0 Å². The van der Waals surface area contributed by atoms with E-state index in [1.165, 1.54) is 31.2 Å². The topological polar surface area (TPSA) is 21.3 Å². The van der Waals surface area contributed by atoms with Crippen molar-refractivity contribution >= 4 is 0 Å². The molecule has 1 aromatic rings. The van der Waals surface area contributed by atoms with E-state index in [4.69, 9.17) is 4.74 Å². The van der Waals surface area contributed by atoms with Gasteiger partial charge in [0.2, 0.25) is 0 Å². The van der Waals surface area contributed by atoms with Gasteiger partial charge in [-0.05, 0) is 62.9 Å². The Hall–Kier alpha value is -1.02. The van der Waals surface area contributed by atoms with Gasteiger partial charge in [-0.25, -0.2) is 0 Å². The van der Waals surface area contributed by atoms with Gasteiger partial charge >= 0.3 is 0 Å². The second-order valence-electron chi connectivity index (χ2n) is 4.82. The Morgan fingerprint density at radius 1 is 1.29 bits per heavy atom. The van der Waals surface area contributed by atoms with Gasteiger partial charge in [-0.15, -0.1) is 0 Å². The van der Waals surface area contributed by atoms with Crippen molar-refractivity contribution in [2.45, 2.75) is 45.1 Å². The molecule has 2 nitrogen and oxygen atoms in total. The Bertz CT molecular complexity index is 333. The fraction of sp³-hybridized carbons (Fsp3) is 0.600. The SMILES string of the molecule is CCCNCCCc1cccc(OC2CC2)c1. The molecule has 2 rings (SSSR count). The molecule has 2 heteroatoms. The first-order chi connectivity index (χ1) is 8.38. The van der Waals surface area contributed by atoms with Crippen molar-refractivity contribution in [1.82, 2.24) is 5.32 Å². The van der Waals surface area contributed by atoms with Gasteiger partial charge in [0.05, 0.1) is 6.10 Å². The minimum Gasteiger partial charge on any atom is -0.490 e. The first-order valence-electron chi connectivity index (χ1n) is 6.85. The molecule has 0 saturated heterocycles. The smallest absolute Gasteiger partial charge is 0.119 e. The highest BCUT2D eigenvalue weighted by Crippen LogP contribution is 2.27. The lowest BCUT2D eigenvalue weighted by atomic mass is 10.1. The maximum atomic E-state index is 5.80. The molecular weight excluding hydrogens is 210 g/mol. The lowest BCUT2D eigenvalue weighted by Gasteiger charge is -2.07. The van der Waals surface area contributed by atoms with E-state index >= 15 is 0 Å². The zero-order valence-corrected chi connectivity index (χ0v) is 10.7. The van der Waals surface area contributed by atoms with Crippen LogP contribution in [0.25, 0.3) is 0 Å². The van der Waals surface area contributed by atoms with Crippen molar-refractivity contribution in [3.63, 3.8) is 0 Å². The van der Waals surface area contributed by atoms with E-state index in [1.54, 1.807) is 0 Å². The Labute approximate surface area is 104 Å². The molecule has 0 radical (unpaired) electrons. The number of rotatable bonds is 8. The molecule has 0 spiro atoms. The summed E-state index contributed by atoms with van der Waals surface area (Å²) in [4.78, 5) is 0. The summed E-state index contributed by atoms with van der Waals surface area (Å²) in [6, 6.07) is 8.56. The lowest BCUT2D eigenvalue weighted by molar-refractivity contribution is 0.303. The molecule has 0 bridgehead atoms. The molecular formula is C15H23NO.